The zero-order valence-electron chi connectivity index (χ0n) is 10.8. The Bertz CT molecular complexity index is 421. The largest absolute Gasteiger partial charge is 0.443 e. The summed E-state index contributed by atoms with van der Waals surface area (Å²) in [6.45, 7) is 4.99. The first kappa shape index (κ1) is 15.1. The fraction of sp³-hybridized carbons (Fsp3) is 0.417. The van der Waals surface area contributed by atoms with Crippen molar-refractivity contribution in [3.05, 3.63) is 36.7 Å². The molecule has 0 amide bonds. The highest BCUT2D eigenvalue weighted by Crippen LogP contribution is 2.17. The van der Waals surface area contributed by atoms with Gasteiger partial charge >= 0.3 is 0 Å². The minimum atomic E-state index is -0.414. The lowest BCUT2D eigenvalue weighted by atomic mass is 10.5. The average molecular weight is 268 g/mol. The SMILES string of the molecule is CCOC(OCC)c1cnco1.O=Cc1cnco1. The van der Waals surface area contributed by atoms with Gasteiger partial charge in [0.2, 0.25) is 6.29 Å². The number of carbonyl (C=O) groups excluding carboxylic acids is 1. The van der Waals surface area contributed by atoms with E-state index in [-0.39, 0.29) is 5.76 Å². The molecule has 0 bridgehead atoms. The summed E-state index contributed by atoms with van der Waals surface area (Å²) in [5.74, 6) is 0.874. The quantitative estimate of drug-likeness (QED) is 0.586. The Hall–Kier alpha value is -1.99. The summed E-state index contributed by atoms with van der Waals surface area (Å²) < 4.78 is 20.1. The second-order valence-electron chi connectivity index (χ2n) is 3.17. The van der Waals surface area contributed by atoms with Crippen LogP contribution < -0.4 is 0 Å². The average Bonchev–Trinajstić information content (AvgIpc) is 3.12. The van der Waals surface area contributed by atoms with E-state index in [0.29, 0.717) is 25.3 Å². The lowest BCUT2D eigenvalue weighted by Crippen LogP contribution is -2.07. The predicted octanol–water partition coefficient (Wildman–Crippen LogP) is 2.23. The van der Waals surface area contributed by atoms with Gasteiger partial charge in [0.25, 0.3) is 0 Å². The summed E-state index contributed by atoms with van der Waals surface area (Å²) in [5.41, 5.74) is 0. The Morgan fingerprint density at radius 2 is 1.79 bits per heavy atom. The molecule has 0 saturated carbocycles. The smallest absolute Gasteiger partial charge is 0.218 e. The second-order valence-corrected chi connectivity index (χ2v) is 3.17. The number of ether oxygens (including phenoxy) is 2. The van der Waals surface area contributed by atoms with Crippen molar-refractivity contribution in [3.8, 4) is 0 Å². The molecule has 0 N–H and O–H groups in total. The molecule has 7 nitrogen and oxygen atoms in total. The minimum Gasteiger partial charge on any atom is -0.443 e. The predicted molar refractivity (Wildman–Crippen MR) is 64.4 cm³/mol. The van der Waals surface area contributed by atoms with Crippen LogP contribution in [0, 0.1) is 0 Å². The van der Waals surface area contributed by atoms with Crippen molar-refractivity contribution >= 4 is 6.29 Å². The lowest BCUT2D eigenvalue weighted by Gasteiger charge is -2.12. The van der Waals surface area contributed by atoms with Crippen LogP contribution in [0.25, 0.3) is 0 Å². The van der Waals surface area contributed by atoms with Gasteiger partial charge in [-0.1, -0.05) is 0 Å². The number of rotatable bonds is 6. The third kappa shape index (κ3) is 5.45. The highest BCUT2D eigenvalue weighted by molar-refractivity contribution is 5.69. The van der Waals surface area contributed by atoms with Gasteiger partial charge < -0.3 is 18.3 Å². The molecule has 0 aliphatic rings. The van der Waals surface area contributed by atoms with Gasteiger partial charge in [-0.25, -0.2) is 9.97 Å². The van der Waals surface area contributed by atoms with E-state index >= 15 is 0 Å². The Labute approximate surface area is 110 Å². The van der Waals surface area contributed by atoms with Crippen LogP contribution in [0.5, 0.6) is 0 Å². The molecule has 19 heavy (non-hydrogen) atoms. The Morgan fingerprint density at radius 1 is 1.16 bits per heavy atom. The molecular weight excluding hydrogens is 252 g/mol. The molecule has 2 aromatic heterocycles. The fourth-order valence-electron chi connectivity index (χ4n) is 1.14. The summed E-state index contributed by atoms with van der Waals surface area (Å²) >= 11 is 0. The lowest BCUT2D eigenvalue weighted by molar-refractivity contribution is -0.150. The van der Waals surface area contributed by atoms with E-state index in [0.717, 1.165) is 0 Å². The van der Waals surface area contributed by atoms with E-state index in [9.17, 15) is 4.79 Å². The number of aldehydes is 1. The number of aromatic nitrogens is 2. The zero-order chi connectivity index (χ0) is 13.9. The summed E-state index contributed by atoms with van der Waals surface area (Å²) in [6.07, 6.45) is 5.71. The molecule has 7 heteroatoms. The van der Waals surface area contributed by atoms with Crippen LogP contribution in [-0.2, 0) is 9.47 Å². The van der Waals surface area contributed by atoms with E-state index < -0.39 is 6.29 Å². The highest BCUT2D eigenvalue weighted by Gasteiger charge is 2.13. The van der Waals surface area contributed by atoms with Crippen molar-refractivity contribution in [2.75, 3.05) is 13.2 Å². The van der Waals surface area contributed by atoms with Gasteiger partial charge in [-0.05, 0) is 13.8 Å². The van der Waals surface area contributed by atoms with Gasteiger partial charge in [0.1, 0.15) is 0 Å². The van der Waals surface area contributed by atoms with Crippen molar-refractivity contribution in [1.29, 1.82) is 0 Å². The van der Waals surface area contributed by atoms with Crippen LogP contribution in [0.15, 0.2) is 34.0 Å². The number of hydrogen-bond donors (Lipinski definition) is 0. The summed E-state index contributed by atoms with van der Waals surface area (Å²) in [4.78, 5) is 17.0. The first-order valence-electron chi connectivity index (χ1n) is 5.77. The van der Waals surface area contributed by atoms with Crippen molar-refractivity contribution in [2.24, 2.45) is 0 Å². The molecule has 0 spiro atoms. The maximum atomic E-state index is 9.73. The van der Waals surface area contributed by atoms with Gasteiger partial charge in [-0.3, -0.25) is 4.79 Å². The van der Waals surface area contributed by atoms with Crippen molar-refractivity contribution in [2.45, 2.75) is 20.1 Å². The zero-order valence-corrected chi connectivity index (χ0v) is 10.8. The molecule has 0 fully saturated rings. The van der Waals surface area contributed by atoms with E-state index in [2.05, 4.69) is 14.4 Å². The van der Waals surface area contributed by atoms with Crippen LogP contribution in [0.1, 0.15) is 36.5 Å². The third-order valence-corrected chi connectivity index (χ3v) is 1.89. The minimum absolute atomic E-state index is 0.264. The first-order valence-corrected chi connectivity index (χ1v) is 5.77. The number of oxazole rings is 2. The van der Waals surface area contributed by atoms with Crippen LogP contribution in [0.3, 0.4) is 0 Å². The molecule has 0 aromatic carbocycles. The van der Waals surface area contributed by atoms with Gasteiger partial charge in [0, 0.05) is 13.2 Å². The Kier molecular flexibility index (Phi) is 7.14. The van der Waals surface area contributed by atoms with Crippen LogP contribution >= 0.6 is 0 Å². The Morgan fingerprint density at radius 3 is 2.16 bits per heavy atom. The van der Waals surface area contributed by atoms with Crippen molar-refractivity contribution < 1.29 is 23.1 Å². The van der Waals surface area contributed by atoms with Gasteiger partial charge in [0.15, 0.2) is 30.6 Å². The monoisotopic (exact) mass is 268 g/mol. The van der Waals surface area contributed by atoms with Gasteiger partial charge in [0.05, 0.1) is 12.4 Å². The molecule has 2 rings (SSSR count). The molecule has 0 radical (unpaired) electrons. The molecule has 2 heterocycles. The molecular formula is C12H16N2O5. The number of carbonyl (C=O) groups is 1. The third-order valence-electron chi connectivity index (χ3n) is 1.89. The standard InChI is InChI=1S/C8H13NO3.C4H3NO2/c1-3-10-8(11-4-2)7-5-9-6-12-7;6-2-4-1-5-3-7-4/h5-6,8H,3-4H2,1-2H3;1-3H. The van der Waals surface area contributed by atoms with E-state index in [1.807, 2.05) is 13.8 Å². The van der Waals surface area contributed by atoms with E-state index in [4.69, 9.17) is 13.9 Å². The van der Waals surface area contributed by atoms with Gasteiger partial charge in [-0.2, -0.15) is 0 Å². The van der Waals surface area contributed by atoms with Crippen molar-refractivity contribution in [3.63, 3.8) is 0 Å². The molecule has 0 aliphatic heterocycles. The molecule has 0 atom stereocenters. The number of hydrogen-bond acceptors (Lipinski definition) is 7. The normalized spacial score (nSPS) is 10.1. The highest BCUT2D eigenvalue weighted by atomic mass is 16.7. The Balaban J connectivity index is 0.000000218. The molecule has 0 unspecified atom stereocenters. The number of nitrogens with zero attached hydrogens (tertiary/aromatic N) is 2. The topological polar surface area (TPSA) is 87.6 Å². The first-order chi connectivity index (χ1) is 9.31. The van der Waals surface area contributed by atoms with Gasteiger partial charge in [-0.15, -0.1) is 0 Å². The summed E-state index contributed by atoms with van der Waals surface area (Å²) in [7, 11) is 0. The maximum absolute atomic E-state index is 9.73. The van der Waals surface area contributed by atoms with Crippen LogP contribution in [-0.4, -0.2) is 29.5 Å². The molecule has 0 saturated heterocycles. The summed E-state index contributed by atoms with van der Waals surface area (Å²) in [5, 5.41) is 0. The molecule has 0 aliphatic carbocycles. The van der Waals surface area contributed by atoms with Crippen LogP contribution in [0.2, 0.25) is 0 Å². The second kappa shape index (κ2) is 9.01. The molecule has 104 valence electrons. The van der Waals surface area contributed by atoms with Crippen LogP contribution in [0.4, 0.5) is 0 Å². The van der Waals surface area contributed by atoms with E-state index in [1.54, 1.807) is 6.20 Å². The summed E-state index contributed by atoms with van der Waals surface area (Å²) in [6, 6.07) is 0. The van der Waals surface area contributed by atoms with E-state index in [1.165, 1.54) is 19.0 Å². The molecule has 2 aromatic rings. The van der Waals surface area contributed by atoms with Crippen molar-refractivity contribution in [1.82, 2.24) is 9.97 Å². The maximum Gasteiger partial charge on any atom is 0.218 e. The fourth-order valence-corrected chi connectivity index (χ4v) is 1.14.